The van der Waals surface area contributed by atoms with Crippen molar-refractivity contribution < 1.29 is 14.7 Å². The summed E-state index contributed by atoms with van der Waals surface area (Å²) in [5.41, 5.74) is 0. The normalized spacial score (nSPS) is 21.9. The molecule has 1 aliphatic carbocycles. The van der Waals surface area contributed by atoms with Crippen LogP contribution in [0.1, 0.15) is 44.9 Å². The van der Waals surface area contributed by atoms with Gasteiger partial charge in [0.1, 0.15) is 0 Å². The number of aliphatic carboxylic acids is 1. The van der Waals surface area contributed by atoms with Gasteiger partial charge in [0, 0.05) is 38.5 Å². The van der Waals surface area contributed by atoms with Crippen molar-refractivity contribution in [3.8, 4) is 0 Å². The van der Waals surface area contributed by atoms with E-state index >= 15 is 0 Å². The van der Waals surface area contributed by atoms with Crippen molar-refractivity contribution in [2.45, 2.75) is 44.9 Å². The molecule has 0 atom stereocenters. The molecular formula is C15H26N2O3. The van der Waals surface area contributed by atoms with Crippen LogP contribution in [0.4, 0.5) is 0 Å². The molecule has 0 unspecified atom stereocenters. The SMILES string of the molecule is O=C(O)CCCN1CCN(C(=O)C2CCCCC2)CC1. The lowest BCUT2D eigenvalue weighted by atomic mass is 9.88. The molecule has 2 rings (SSSR count). The first-order valence-corrected chi connectivity index (χ1v) is 7.90. The van der Waals surface area contributed by atoms with Crippen LogP contribution in [0.25, 0.3) is 0 Å². The molecule has 0 radical (unpaired) electrons. The van der Waals surface area contributed by atoms with Crippen molar-refractivity contribution in [2.75, 3.05) is 32.7 Å². The maximum absolute atomic E-state index is 12.4. The van der Waals surface area contributed by atoms with Crippen LogP contribution in [0, 0.1) is 5.92 Å². The van der Waals surface area contributed by atoms with Gasteiger partial charge in [-0.1, -0.05) is 19.3 Å². The van der Waals surface area contributed by atoms with Crippen molar-refractivity contribution >= 4 is 11.9 Å². The van der Waals surface area contributed by atoms with Gasteiger partial charge in [-0.15, -0.1) is 0 Å². The van der Waals surface area contributed by atoms with Crippen LogP contribution in [-0.2, 0) is 9.59 Å². The zero-order chi connectivity index (χ0) is 14.4. The molecule has 1 saturated heterocycles. The summed E-state index contributed by atoms with van der Waals surface area (Å²) in [6.07, 6.45) is 6.75. The van der Waals surface area contributed by atoms with E-state index in [0.29, 0.717) is 12.3 Å². The predicted molar refractivity (Wildman–Crippen MR) is 76.5 cm³/mol. The number of rotatable bonds is 5. The number of piperazine rings is 1. The van der Waals surface area contributed by atoms with Gasteiger partial charge in [0.15, 0.2) is 0 Å². The summed E-state index contributed by atoms with van der Waals surface area (Å²) in [6, 6.07) is 0. The first-order valence-electron chi connectivity index (χ1n) is 7.90. The third-order valence-electron chi connectivity index (χ3n) is 4.50. The molecule has 1 aliphatic heterocycles. The topological polar surface area (TPSA) is 60.9 Å². The standard InChI is InChI=1S/C15H26N2O3/c18-14(19)7-4-8-16-9-11-17(12-10-16)15(20)13-5-2-1-3-6-13/h13H,1-12H2,(H,18,19). The second-order valence-corrected chi connectivity index (χ2v) is 6.00. The summed E-state index contributed by atoms with van der Waals surface area (Å²) in [6.45, 7) is 4.22. The van der Waals surface area contributed by atoms with Crippen LogP contribution in [0.2, 0.25) is 0 Å². The maximum atomic E-state index is 12.4. The van der Waals surface area contributed by atoms with Crippen molar-refractivity contribution in [3.05, 3.63) is 0 Å². The minimum atomic E-state index is -0.726. The first-order chi connectivity index (χ1) is 9.66. The van der Waals surface area contributed by atoms with Gasteiger partial charge in [-0.3, -0.25) is 14.5 Å². The van der Waals surface area contributed by atoms with E-state index in [2.05, 4.69) is 4.90 Å². The highest BCUT2D eigenvalue weighted by Crippen LogP contribution is 2.25. The predicted octanol–water partition coefficient (Wildman–Crippen LogP) is 1.58. The summed E-state index contributed by atoms with van der Waals surface area (Å²) < 4.78 is 0. The van der Waals surface area contributed by atoms with Gasteiger partial charge in [-0.2, -0.15) is 0 Å². The molecule has 1 saturated carbocycles. The smallest absolute Gasteiger partial charge is 0.303 e. The summed E-state index contributed by atoms with van der Waals surface area (Å²) in [5, 5.41) is 8.63. The molecule has 114 valence electrons. The number of carboxylic acid groups (broad SMARTS) is 1. The van der Waals surface area contributed by atoms with Crippen LogP contribution in [0.5, 0.6) is 0 Å². The van der Waals surface area contributed by atoms with Gasteiger partial charge in [-0.05, 0) is 25.8 Å². The van der Waals surface area contributed by atoms with Crippen LogP contribution < -0.4 is 0 Å². The molecule has 0 aromatic heterocycles. The number of amides is 1. The summed E-state index contributed by atoms with van der Waals surface area (Å²) in [7, 11) is 0. The summed E-state index contributed by atoms with van der Waals surface area (Å²) in [4.78, 5) is 27.2. The molecule has 0 aromatic rings. The van der Waals surface area contributed by atoms with Gasteiger partial charge in [-0.25, -0.2) is 0 Å². The fourth-order valence-electron chi connectivity index (χ4n) is 3.25. The number of carbonyl (C=O) groups is 2. The van der Waals surface area contributed by atoms with Crippen LogP contribution in [0.15, 0.2) is 0 Å². The first kappa shape index (κ1) is 15.3. The molecule has 5 nitrogen and oxygen atoms in total. The van der Waals surface area contributed by atoms with Crippen molar-refractivity contribution in [1.82, 2.24) is 9.80 Å². The Morgan fingerprint density at radius 3 is 2.25 bits per heavy atom. The Hall–Kier alpha value is -1.10. The van der Waals surface area contributed by atoms with Crippen molar-refractivity contribution in [1.29, 1.82) is 0 Å². The average molecular weight is 282 g/mol. The summed E-state index contributed by atoms with van der Waals surface area (Å²) >= 11 is 0. The molecule has 20 heavy (non-hydrogen) atoms. The van der Waals surface area contributed by atoms with Gasteiger partial charge >= 0.3 is 5.97 Å². The number of carboxylic acids is 1. The Bertz CT molecular complexity index is 332. The van der Waals surface area contributed by atoms with Gasteiger partial charge in [0.2, 0.25) is 5.91 Å². The van der Waals surface area contributed by atoms with E-state index in [1.54, 1.807) is 0 Å². The minimum absolute atomic E-state index is 0.237. The van der Waals surface area contributed by atoms with E-state index < -0.39 is 5.97 Å². The van der Waals surface area contributed by atoms with Gasteiger partial charge < -0.3 is 10.0 Å². The molecule has 5 heteroatoms. The average Bonchev–Trinajstić information content (AvgIpc) is 2.48. The van der Waals surface area contributed by atoms with Crippen LogP contribution in [0.3, 0.4) is 0 Å². The van der Waals surface area contributed by atoms with Crippen molar-refractivity contribution in [3.63, 3.8) is 0 Å². The number of nitrogens with zero attached hydrogens (tertiary/aromatic N) is 2. The molecule has 0 bridgehead atoms. The van der Waals surface area contributed by atoms with Crippen molar-refractivity contribution in [2.24, 2.45) is 5.92 Å². The Labute approximate surface area is 120 Å². The Kier molecular flexibility index (Phi) is 5.83. The minimum Gasteiger partial charge on any atom is -0.481 e. The Morgan fingerprint density at radius 2 is 1.65 bits per heavy atom. The quantitative estimate of drug-likeness (QED) is 0.831. The Balaban J connectivity index is 1.68. The van der Waals surface area contributed by atoms with E-state index in [-0.39, 0.29) is 12.3 Å². The lowest BCUT2D eigenvalue weighted by Crippen LogP contribution is -2.50. The van der Waals surface area contributed by atoms with E-state index in [4.69, 9.17) is 5.11 Å². The van der Waals surface area contributed by atoms with Gasteiger partial charge in [0.25, 0.3) is 0 Å². The molecule has 0 aromatic carbocycles. The molecule has 0 spiro atoms. The number of carbonyl (C=O) groups excluding carboxylic acids is 1. The monoisotopic (exact) mass is 282 g/mol. The van der Waals surface area contributed by atoms with E-state index in [1.807, 2.05) is 4.90 Å². The molecule has 1 heterocycles. The third kappa shape index (κ3) is 4.47. The van der Waals surface area contributed by atoms with Gasteiger partial charge in [0.05, 0.1) is 0 Å². The van der Waals surface area contributed by atoms with E-state index in [1.165, 1.54) is 19.3 Å². The van der Waals surface area contributed by atoms with Crippen LogP contribution >= 0.6 is 0 Å². The fraction of sp³-hybridized carbons (Fsp3) is 0.867. The molecule has 2 aliphatic rings. The lowest BCUT2D eigenvalue weighted by Gasteiger charge is -2.37. The highest BCUT2D eigenvalue weighted by Gasteiger charge is 2.28. The largest absolute Gasteiger partial charge is 0.481 e. The third-order valence-corrected chi connectivity index (χ3v) is 4.50. The zero-order valence-electron chi connectivity index (χ0n) is 12.2. The van der Waals surface area contributed by atoms with Crippen LogP contribution in [-0.4, -0.2) is 59.5 Å². The second-order valence-electron chi connectivity index (χ2n) is 6.00. The molecular weight excluding hydrogens is 256 g/mol. The maximum Gasteiger partial charge on any atom is 0.303 e. The molecule has 2 fully saturated rings. The van der Waals surface area contributed by atoms with E-state index in [0.717, 1.165) is 45.6 Å². The fourth-order valence-corrected chi connectivity index (χ4v) is 3.25. The molecule has 1 amide bonds. The highest BCUT2D eigenvalue weighted by atomic mass is 16.4. The summed E-state index contributed by atoms with van der Waals surface area (Å²) in [5.74, 6) is -0.103. The second kappa shape index (κ2) is 7.62. The number of hydrogen-bond acceptors (Lipinski definition) is 3. The Morgan fingerprint density at radius 1 is 1.00 bits per heavy atom. The highest BCUT2D eigenvalue weighted by molar-refractivity contribution is 5.79. The van der Waals surface area contributed by atoms with E-state index in [9.17, 15) is 9.59 Å². The zero-order valence-corrected chi connectivity index (χ0v) is 12.2. The number of hydrogen-bond donors (Lipinski definition) is 1. The lowest BCUT2D eigenvalue weighted by molar-refractivity contribution is -0.138. The molecule has 1 N–H and O–H groups in total.